The molecule has 0 bridgehead atoms. The monoisotopic (exact) mass is 339 g/mol. The number of halogens is 1. The standard InChI is InChI=1S/C17H26ClN3O2/c1-11(2)15(22)20-12-6-7-14(18)13(8-12)16(23)21(5)10-17(3,4)9-19/h6-8,11H,9-10,19H2,1-5H3,(H,20,22). The van der Waals surface area contributed by atoms with Crippen molar-refractivity contribution in [3.05, 3.63) is 28.8 Å². The summed E-state index contributed by atoms with van der Waals surface area (Å²) in [6.07, 6.45) is 0. The number of nitrogens with two attached hydrogens (primary N) is 1. The van der Waals surface area contributed by atoms with Gasteiger partial charge in [0.2, 0.25) is 5.91 Å². The highest BCUT2D eigenvalue weighted by atomic mass is 35.5. The van der Waals surface area contributed by atoms with Crippen LogP contribution >= 0.6 is 11.6 Å². The number of benzene rings is 1. The molecule has 0 saturated carbocycles. The fourth-order valence-corrected chi connectivity index (χ4v) is 2.24. The molecule has 0 aromatic heterocycles. The molecule has 0 aliphatic carbocycles. The third kappa shape index (κ3) is 5.52. The van der Waals surface area contributed by atoms with E-state index < -0.39 is 0 Å². The minimum absolute atomic E-state index is 0.108. The maximum absolute atomic E-state index is 12.6. The molecule has 0 heterocycles. The number of nitrogens with one attached hydrogen (secondary N) is 1. The molecule has 3 N–H and O–H groups in total. The average Bonchev–Trinajstić information content (AvgIpc) is 2.47. The molecule has 128 valence electrons. The van der Waals surface area contributed by atoms with Crippen molar-refractivity contribution in [2.24, 2.45) is 17.1 Å². The van der Waals surface area contributed by atoms with E-state index in [0.717, 1.165) is 0 Å². The Labute approximate surface area is 143 Å². The maximum atomic E-state index is 12.6. The van der Waals surface area contributed by atoms with Crippen molar-refractivity contribution in [1.82, 2.24) is 4.90 Å². The summed E-state index contributed by atoms with van der Waals surface area (Å²) in [5, 5.41) is 3.13. The number of nitrogens with zero attached hydrogens (tertiary/aromatic N) is 1. The van der Waals surface area contributed by atoms with Crippen molar-refractivity contribution in [3.8, 4) is 0 Å². The Bertz CT molecular complexity index is 585. The lowest BCUT2D eigenvalue weighted by atomic mass is 9.93. The van der Waals surface area contributed by atoms with Crippen LogP contribution in [0, 0.1) is 11.3 Å². The first-order chi connectivity index (χ1) is 10.6. The molecule has 0 spiro atoms. The van der Waals surface area contributed by atoms with Gasteiger partial charge >= 0.3 is 0 Å². The molecule has 23 heavy (non-hydrogen) atoms. The zero-order valence-electron chi connectivity index (χ0n) is 14.4. The van der Waals surface area contributed by atoms with E-state index in [1.165, 1.54) is 0 Å². The van der Waals surface area contributed by atoms with Gasteiger partial charge in [0.1, 0.15) is 0 Å². The van der Waals surface area contributed by atoms with Crippen molar-refractivity contribution < 1.29 is 9.59 Å². The van der Waals surface area contributed by atoms with Crippen LogP contribution in [0.5, 0.6) is 0 Å². The molecular formula is C17H26ClN3O2. The Kier molecular flexibility index (Phi) is 6.59. The van der Waals surface area contributed by atoms with Crippen LogP contribution in [0.1, 0.15) is 38.1 Å². The summed E-state index contributed by atoms with van der Waals surface area (Å²) < 4.78 is 0. The average molecular weight is 340 g/mol. The third-order valence-electron chi connectivity index (χ3n) is 3.55. The van der Waals surface area contributed by atoms with Gasteiger partial charge in [-0.1, -0.05) is 39.3 Å². The van der Waals surface area contributed by atoms with Gasteiger partial charge in [-0.05, 0) is 30.2 Å². The second kappa shape index (κ2) is 7.79. The molecule has 0 aliphatic heterocycles. The Morgan fingerprint density at radius 3 is 2.48 bits per heavy atom. The Hall–Kier alpha value is -1.59. The van der Waals surface area contributed by atoms with E-state index in [1.807, 2.05) is 13.8 Å². The summed E-state index contributed by atoms with van der Waals surface area (Å²) in [6.45, 7) is 8.60. The van der Waals surface area contributed by atoms with Crippen molar-refractivity contribution in [2.75, 3.05) is 25.5 Å². The van der Waals surface area contributed by atoms with E-state index in [9.17, 15) is 9.59 Å². The molecule has 0 unspecified atom stereocenters. The second-order valence-corrected chi connectivity index (χ2v) is 7.28. The lowest BCUT2D eigenvalue weighted by Crippen LogP contribution is -2.39. The van der Waals surface area contributed by atoms with Crippen molar-refractivity contribution in [3.63, 3.8) is 0 Å². The van der Waals surface area contributed by atoms with Crippen LogP contribution in [0.15, 0.2) is 18.2 Å². The highest BCUT2D eigenvalue weighted by Crippen LogP contribution is 2.24. The number of rotatable bonds is 6. The quantitative estimate of drug-likeness (QED) is 0.836. The second-order valence-electron chi connectivity index (χ2n) is 6.87. The first-order valence-electron chi connectivity index (χ1n) is 7.63. The maximum Gasteiger partial charge on any atom is 0.255 e. The summed E-state index contributed by atoms with van der Waals surface area (Å²) >= 11 is 6.15. The Morgan fingerprint density at radius 1 is 1.35 bits per heavy atom. The van der Waals surface area contributed by atoms with Crippen LogP contribution in [0.25, 0.3) is 0 Å². The first kappa shape index (κ1) is 19.5. The van der Waals surface area contributed by atoms with Crippen molar-refractivity contribution in [2.45, 2.75) is 27.7 Å². The van der Waals surface area contributed by atoms with E-state index >= 15 is 0 Å². The molecule has 0 atom stereocenters. The lowest BCUT2D eigenvalue weighted by molar-refractivity contribution is -0.118. The molecule has 1 rings (SSSR count). The topological polar surface area (TPSA) is 75.4 Å². The van der Waals surface area contributed by atoms with Crippen LogP contribution in [0.4, 0.5) is 5.69 Å². The highest BCUT2D eigenvalue weighted by Gasteiger charge is 2.23. The summed E-state index contributed by atoms with van der Waals surface area (Å²) in [5.41, 5.74) is 6.46. The van der Waals surface area contributed by atoms with Crippen LogP contribution in [0.2, 0.25) is 5.02 Å². The van der Waals surface area contributed by atoms with Gasteiger partial charge in [-0.25, -0.2) is 0 Å². The number of carbonyl (C=O) groups is 2. The summed E-state index contributed by atoms with van der Waals surface area (Å²) in [4.78, 5) is 26.0. The minimum atomic E-state index is -0.197. The van der Waals surface area contributed by atoms with Gasteiger partial charge in [-0.2, -0.15) is 0 Å². The Morgan fingerprint density at radius 2 is 1.96 bits per heavy atom. The van der Waals surface area contributed by atoms with Gasteiger partial charge in [-0.3, -0.25) is 9.59 Å². The first-order valence-corrected chi connectivity index (χ1v) is 8.01. The van der Waals surface area contributed by atoms with E-state index in [0.29, 0.717) is 29.4 Å². The van der Waals surface area contributed by atoms with E-state index in [1.54, 1.807) is 44.0 Å². The molecule has 0 aliphatic rings. The van der Waals surface area contributed by atoms with Crippen LogP contribution in [-0.4, -0.2) is 36.9 Å². The summed E-state index contributed by atoms with van der Waals surface area (Å²) in [7, 11) is 1.72. The molecule has 2 amide bonds. The summed E-state index contributed by atoms with van der Waals surface area (Å²) in [5.74, 6) is -0.446. The third-order valence-corrected chi connectivity index (χ3v) is 3.88. The van der Waals surface area contributed by atoms with Crippen molar-refractivity contribution >= 4 is 29.1 Å². The summed E-state index contributed by atoms with van der Waals surface area (Å²) in [6, 6.07) is 4.91. The van der Waals surface area contributed by atoms with Crippen LogP contribution in [-0.2, 0) is 4.79 Å². The molecule has 0 saturated heterocycles. The van der Waals surface area contributed by atoms with Gasteiger partial charge < -0.3 is 16.0 Å². The molecule has 6 heteroatoms. The van der Waals surface area contributed by atoms with Gasteiger partial charge in [0.15, 0.2) is 0 Å². The fraction of sp³-hybridized carbons (Fsp3) is 0.529. The van der Waals surface area contributed by atoms with Gasteiger partial charge in [0.25, 0.3) is 5.91 Å². The van der Waals surface area contributed by atoms with Gasteiger partial charge in [0, 0.05) is 25.2 Å². The normalized spacial score (nSPS) is 11.5. The lowest BCUT2D eigenvalue weighted by Gasteiger charge is -2.29. The predicted molar refractivity (Wildman–Crippen MR) is 94.7 cm³/mol. The van der Waals surface area contributed by atoms with Crippen LogP contribution in [0.3, 0.4) is 0 Å². The van der Waals surface area contributed by atoms with Crippen molar-refractivity contribution in [1.29, 1.82) is 0 Å². The zero-order valence-corrected chi connectivity index (χ0v) is 15.2. The van der Waals surface area contributed by atoms with E-state index in [-0.39, 0.29) is 23.1 Å². The SMILES string of the molecule is CC(C)C(=O)Nc1ccc(Cl)c(C(=O)N(C)CC(C)(C)CN)c1. The Balaban J connectivity index is 2.98. The molecule has 0 radical (unpaired) electrons. The van der Waals surface area contributed by atoms with Gasteiger partial charge in [-0.15, -0.1) is 0 Å². The molecule has 1 aromatic carbocycles. The van der Waals surface area contributed by atoms with Crippen LogP contribution < -0.4 is 11.1 Å². The smallest absolute Gasteiger partial charge is 0.255 e. The largest absolute Gasteiger partial charge is 0.341 e. The zero-order chi connectivity index (χ0) is 17.8. The number of anilines is 1. The fourth-order valence-electron chi connectivity index (χ4n) is 2.04. The number of hydrogen-bond donors (Lipinski definition) is 2. The van der Waals surface area contributed by atoms with E-state index in [4.69, 9.17) is 17.3 Å². The number of carbonyl (C=O) groups excluding carboxylic acids is 2. The molecule has 5 nitrogen and oxygen atoms in total. The number of hydrogen-bond acceptors (Lipinski definition) is 3. The molecular weight excluding hydrogens is 314 g/mol. The highest BCUT2D eigenvalue weighted by molar-refractivity contribution is 6.34. The van der Waals surface area contributed by atoms with Gasteiger partial charge in [0.05, 0.1) is 10.6 Å². The molecule has 0 fully saturated rings. The predicted octanol–water partition coefficient (Wildman–Crippen LogP) is 2.99. The molecule has 1 aromatic rings. The minimum Gasteiger partial charge on any atom is -0.341 e. The van der Waals surface area contributed by atoms with E-state index in [2.05, 4.69) is 5.32 Å². The number of amides is 2.